The van der Waals surface area contributed by atoms with Crippen LogP contribution in [0.15, 0.2) is 0 Å². The van der Waals surface area contributed by atoms with Crippen LogP contribution in [-0.2, 0) is 9.53 Å². The smallest absolute Gasteiger partial charge is 0.311 e. The average Bonchev–Trinajstić information content (AvgIpc) is 2.29. The molecule has 1 saturated carbocycles. The molecule has 0 bridgehead atoms. The first kappa shape index (κ1) is 11.5. The minimum absolute atomic E-state index is 0.0233. The predicted octanol–water partition coefficient (Wildman–Crippen LogP) is 1.70. The van der Waals surface area contributed by atoms with E-state index in [1.807, 2.05) is 20.8 Å². The molecule has 1 aliphatic rings. The Kier molecular flexibility index (Phi) is 3.20. The molecule has 2 N–H and O–H groups in total. The molecule has 0 aromatic heterocycles. The van der Waals surface area contributed by atoms with E-state index in [1.165, 1.54) is 0 Å². The highest BCUT2D eigenvalue weighted by Crippen LogP contribution is 2.31. The number of rotatable bonds is 1. The summed E-state index contributed by atoms with van der Waals surface area (Å²) < 4.78 is 5.32. The van der Waals surface area contributed by atoms with Crippen LogP contribution >= 0.6 is 0 Å². The number of hydrogen-bond donors (Lipinski definition) is 1. The molecule has 0 heterocycles. The molecule has 3 nitrogen and oxygen atoms in total. The van der Waals surface area contributed by atoms with Gasteiger partial charge in [-0.2, -0.15) is 0 Å². The van der Waals surface area contributed by atoms with Crippen molar-refractivity contribution in [2.24, 2.45) is 17.6 Å². The van der Waals surface area contributed by atoms with Crippen molar-refractivity contribution in [3.63, 3.8) is 0 Å². The summed E-state index contributed by atoms with van der Waals surface area (Å²) >= 11 is 0. The van der Waals surface area contributed by atoms with Crippen LogP contribution in [-0.4, -0.2) is 17.6 Å². The van der Waals surface area contributed by atoms with E-state index in [4.69, 9.17) is 10.5 Å². The zero-order chi connectivity index (χ0) is 10.9. The summed E-state index contributed by atoms with van der Waals surface area (Å²) in [5.74, 6) is 0.214. The summed E-state index contributed by atoms with van der Waals surface area (Å²) in [7, 11) is 0. The minimum Gasteiger partial charge on any atom is -0.460 e. The van der Waals surface area contributed by atoms with E-state index in [1.54, 1.807) is 0 Å². The molecule has 1 rings (SSSR count). The Bertz CT molecular complexity index is 220. The number of nitrogens with two attached hydrogens (primary N) is 1. The molecule has 14 heavy (non-hydrogen) atoms. The van der Waals surface area contributed by atoms with Gasteiger partial charge in [-0.3, -0.25) is 4.79 Å². The van der Waals surface area contributed by atoms with Crippen molar-refractivity contribution in [3.8, 4) is 0 Å². The van der Waals surface area contributed by atoms with Crippen molar-refractivity contribution in [2.75, 3.05) is 0 Å². The summed E-state index contributed by atoms with van der Waals surface area (Å²) in [5, 5.41) is 0. The van der Waals surface area contributed by atoms with E-state index in [0.717, 1.165) is 12.8 Å². The lowest BCUT2D eigenvalue weighted by Crippen LogP contribution is -2.38. The van der Waals surface area contributed by atoms with Crippen LogP contribution in [0.4, 0.5) is 0 Å². The first-order valence-electron chi connectivity index (χ1n) is 5.29. The highest BCUT2D eigenvalue weighted by atomic mass is 16.6. The second-order valence-electron chi connectivity index (χ2n) is 5.27. The lowest BCUT2D eigenvalue weighted by Gasteiger charge is -2.24. The third kappa shape index (κ3) is 2.71. The third-order valence-electron chi connectivity index (χ3n) is 2.76. The molecule has 0 saturated heterocycles. The molecule has 0 aliphatic heterocycles. The van der Waals surface area contributed by atoms with Gasteiger partial charge in [0.1, 0.15) is 5.60 Å². The summed E-state index contributed by atoms with van der Waals surface area (Å²) in [6.45, 7) is 7.74. The van der Waals surface area contributed by atoms with Crippen LogP contribution in [0.1, 0.15) is 40.5 Å². The maximum atomic E-state index is 11.7. The first-order chi connectivity index (χ1) is 6.31. The molecule has 82 valence electrons. The van der Waals surface area contributed by atoms with E-state index in [-0.39, 0.29) is 17.9 Å². The number of esters is 1. The fourth-order valence-corrected chi connectivity index (χ4v) is 1.88. The van der Waals surface area contributed by atoms with Crippen LogP contribution in [0.3, 0.4) is 0 Å². The van der Waals surface area contributed by atoms with E-state index < -0.39 is 5.60 Å². The molecule has 0 aromatic rings. The Balaban J connectivity index is 2.54. The molecule has 1 fully saturated rings. The second-order valence-corrected chi connectivity index (χ2v) is 5.27. The molecular formula is C11H21NO2. The molecular weight excluding hydrogens is 178 g/mol. The summed E-state index contributed by atoms with van der Waals surface area (Å²) in [5.41, 5.74) is 5.54. The van der Waals surface area contributed by atoms with Crippen LogP contribution < -0.4 is 5.73 Å². The van der Waals surface area contributed by atoms with Gasteiger partial charge in [0.25, 0.3) is 0 Å². The highest BCUT2D eigenvalue weighted by Gasteiger charge is 2.37. The Morgan fingerprint density at radius 3 is 2.29 bits per heavy atom. The van der Waals surface area contributed by atoms with Gasteiger partial charge in [-0.25, -0.2) is 0 Å². The molecule has 0 radical (unpaired) electrons. The fraction of sp³-hybridized carbons (Fsp3) is 0.909. The zero-order valence-electron chi connectivity index (χ0n) is 9.54. The first-order valence-corrected chi connectivity index (χ1v) is 5.29. The number of hydrogen-bond acceptors (Lipinski definition) is 3. The van der Waals surface area contributed by atoms with Crippen molar-refractivity contribution < 1.29 is 9.53 Å². The van der Waals surface area contributed by atoms with Crippen molar-refractivity contribution in [1.82, 2.24) is 0 Å². The minimum atomic E-state index is -0.400. The van der Waals surface area contributed by atoms with E-state index in [0.29, 0.717) is 5.92 Å². The average molecular weight is 199 g/mol. The highest BCUT2D eigenvalue weighted by molar-refractivity contribution is 5.74. The third-order valence-corrected chi connectivity index (χ3v) is 2.76. The number of carbonyl (C=O) groups excluding carboxylic acids is 1. The lowest BCUT2D eigenvalue weighted by atomic mass is 10.00. The van der Waals surface area contributed by atoms with Gasteiger partial charge in [0.15, 0.2) is 0 Å². The zero-order valence-corrected chi connectivity index (χ0v) is 9.54. The summed E-state index contributed by atoms with van der Waals surface area (Å²) in [6.07, 6.45) is 1.91. The van der Waals surface area contributed by atoms with E-state index >= 15 is 0 Å². The van der Waals surface area contributed by atoms with Gasteiger partial charge in [-0.05, 0) is 39.5 Å². The molecule has 0 spiro atoms. The predicted molar refractivity (Wildman–Crippen MR) is 55.7 cm³/mol. The van der Waals surface area contributed by atoms with Crippen LogP contribution in [0.2, 0.25) is 0 Å². The van der Waals surface area contributed by atoms with Gasteiger partial charge in [0.05, 0.1) is 5.92 Å². The number of carbonyl (C=O) groups is 1. The maximum absolute atomic E-state index is 11.7. The SMILES string of the molecule is C[C@@H]1CC[C@H](C(=O)OC(C)(C)C)[C@@H]1N. The largest absolute Gasteiger partial charge is 0.460 e. The lowest BCUT2D eigenvalue weighted by molar-refractivity contribution is -0.160. The number of ether oxygens (including phenoxy) is 1. The van der Waals surface area contributed by atoms with Crippen LogP contribution in [0.25, 0.3) is 0 Å². The normalized spacial score (nSPS) is 33.1. The Hall–Kier alpha value is -0.570. The summed E-state index contributed by atoms with van der Waals surface area (Å²) in [6, 6.07) is -0.0233. The topological polar surface area (TPSA) is 52.3 Å². The van der Waals surface area contributed by atoms with Gasteiger partial charge in [-0.15, -0.1) is 0 Å². The molecule has 0 aromatic carbocycles. The Morgan fingerprint density at radius 1 is 1.36 bits per heavy atom. The van der Waals surface area contributed by atoms with E-state index in [9.17, 15) is 4.79 Å². The van der Waals surface area contributed by atoms with Gasteiger partial charge >= 0.3 is 5.97 Å². The standard InChI is InChI=1S/C11H21NO2/c1-7-5-6-8(9(7)12)10(13)14-11(2,3)4/h7-9H,5-6,12H2,1-4H3/t7-,8+,9-/m1/s1. The maximum Gasteiger partial charge on any atom is 0.311 e. The van der Waals surface area contributed by atoms with Crippen LogP contribution in [0, 0.1) is 11.8 Å². The van der Waals surface area contributed by atoms with Crippen molar-refractivity contribution in [1.29, 1.82) is 0 Å². The molecule has 0 unspecified atom stereocenters. The second kappa shape index (κ2) is 3.89. The monoisotopic (exact) mass is 199 g/mol. The summed E-state index contributed by atoms with van der Waals surface area (Å²) in [4.78, 5) is 11.7. The van der Waals surface area contributed by atoms with Gasteiger partial charge in [0, 0.05) is 6.04 Å². The van der Waals surface area contributed by atoms with Gasteiger partial charge in [-0.1, -0.05) is 6.92 Å². The van der Waals surface area contributed by atoms with Crippen LogP contribution in [0.5, 0.6) is 0 Å². The quantitative estimate of drug-likeness (QED) is 0.654. The molecule has 0 amide bonds. The molecule has 3 atom stereocenters. The van der Waals surface area contributed by atoms with Crippen molar-refractivity contribution >= 4 is 5.97 Å². The van der Waals surface area contributed by atoms with Crippen molar-refractivity contribution in [2.45, 2.75) is 52.2 Å². The van der Waals surface area contributed by atoms with E-state index in [2.05, 4.69) is 6.92 Å². The van der Waals surface area contributed by atoms with Gasteiger partial charge in [0.2, 0.25) is 0 Å². The molecule has 1 aliphatic carbocycles. The van der Waals surface area contributed by atoms with Crippen molar-refractivity contribution in [3.05, 3.63) is 0 Å². The molecule has 3 heteroatoms. The Labute approximate surface area is 86.0 Å². The fourth-order valence-electron chi connectivity index (χ4n) is 1.88. The van der Waals surface area contributed by atoms with Gasteiger partial charge < -0.3 is 10.5 Å². The Morgan fingerprint density at radius 2 is 1.93 bits per heavy atom.